The van der Waals surface area contributed by atoms with Gasteiger partial charge < -0.3 is 11.1 Å². The van der Waals surface area contributed by atoms with Crippen molar-refractivity contribution in [1.82, 2.24) is 0 Å². The van der Waals surface area contributed by atoms with Crippen molar-refractivity contribution in [1.29, 1.82) is 0 Å². The Morgan fingerprint density at radius 3 is 2.93 bits per heavy atom. The first kappa shape index (κ1) is 10.3. The highest BCUT2D eigenvalue weighted by Crippen LogP contribution is 2.18. The molecule has 0 fully saturated rings. The highest BCUT2D eigenvalue weighted by atomic mass is 16.1. The van der Waals surface area contributed by atoms with Crippen molar-refractivity contribution in [3.63, 3.8) is 0 Å². The van der Waals surface area contributed by atoms with E-state index in [9.17, 15) is 4.79 Å². The van der Waals surface area contributed by atoms with E-state index < -0.39 is 5.91 Å². The Labute approximate surface area is 83.6 Å². The lowest BCUT2D eigenvalue weighted by molar-refractivity contribution is 0.100. The van der Waals surface area contributed by atoms with Gasteiger partial charge in [0.1, 0.15) is 0 Å². The number of anilines is 1. The van der Waals surface area contributed by atoms with Crippen molar-refractivity contribution < 1.29 is 4.79 Å². The summed E-state index contributed by atoms with van der Waals surface area (Å²) in [6, 6.07) is 5.57. The summed E-state index contributed by atoms with van der Waals surface area (Å²) in [5, 5.41) is 3.07. The Morgan fingerprint density at radius 1 is 1.64 bits per heavy atom. The molecule has 0 aromatic heterocycles. The predicted molar refractivity (Wildman–Crippen MR) is 58.4 cm³/mol. The quantitative estimate of drug-likeness (QED) is 0.710. The molecule has 0 heterocycles. The number of benzene rings is 1. The van der Waals surface area contributed by atoms with Crippen LogP contribution in [0.3, 0.4) is 0 Å². The zero-order valence-corrected chi connectivity index (χ0v) is 8.21. The van der Waals surface area contributed by atoms with E-state index in [-0.39, 0.29) is 0 Å². The highest BCUT2D eigenvalue weighted by Gasteiger charge is 2.09. The van der Waals surface area contributed by atoms with Crippen LogP contribution in [0, 0.1) is 6.92 Å². The topological polar surface area (TPSA) is 55.1 Å². The Kier molecular flexibility index (Phi) is 3.29. The number of carbonyl (C=O) groups excluding carboxylic acids is 1. The van der Waals surface area contributed by atoms with Crippen LogP contribution in [0.5, 0.6) is 0 Å². The van der Waals surface area contributed by atoms with Gasteiger partial charge in [0.25, 0.3) is 5.91 Å². The summed E-state index contributed by atoms with van der Waals surface area (Å²) < 4.78 is 0. The van der Waals surface area contributed by atoms with Gasteiger partial charge in [-0.05, 0) is 18.6 Å². The van der Waals surface area contributed by atoms with Crippen molar-refractivity contribution in [2.45, 2.75) is 6.92 Å². The summed E-state index contributed by atoms with van der Waals surface area (Å²) in [4.78, 5) is 11.2. The van der Waals surface area contributed by atoms with Gasteiger partial charge in [-0.3, -0.25) is 4.79 Å². The lowest BCUT2D eigenvalue weighted by Gasteiger charge is -2.10. The predicted octanol–water partition coefficient (Wildman–Crippen LogP) is 1.69. The number of rotatable bonds is 4. The van der Waals surface area contributed by atoms with Gasteiger partial charge >= 0.3 is 0 Å². The number of aryl methyl sites for hydroxylation is 1. The molecule has 0 radical (unpaired) electrons. The molecule has 0 saturated carbocycles. The lowest BCUT2D eigenvalue weighted by Crippen LogP contribution is -2.16. The molecule has 0 unspecified atom stereocenters. The SMILES string of the molecule is C=CCNc1cccc(C)c1C(N)=O. The summed E-state index contributed by atoms with van der Waals surface area (Å²) in [5.74, 6) is -0.408. The van der Waals surface area contributed by atoms with E-state index in [0.717, 1.165) is 11.3 Å². The smallest absolute Gasteiger partial charge is 0.251 e. The second kappa shape index (κ2) is 4.46. The van der Waals surface area contributed by atoms with E-state index in [1.54, 1.807) is 6.08 Å². The molecule has 0 saturated heterocycles. The van der Waals surface area contributed by atoms with Gasteiger partial charge in [-0.2, -0.15) is 0 Å². The fraction of sp³-hybridized carbons (Fsp3) is 0.182. The Morgan fingerprint density at radius 2 is 2.36 bits per heavy atom. The minimum absolute atomic E-state index is 0.408. The number of nitrogens with two attached hydrogens (primary N) is 1. The van der Waals surface area contributed by atoms with Crippen LogP contribution in [-0.4, -0.2) is 12.5 Å². The summed E-state index contributed by atoms with van der Waals surface area (Å²) in [6.45, 7) is 6.07. The maximum Gasteiger partial charge on any atom is 0.251 e. The van der Waals surface area contributed by atoms with Gasteiger partial charge in [-0.25, -0.2) is 0 Å². The number of hydrogen-bond acceptors (Lipinski definition) is 2. The van der Waals surface area contributed by atoms with Gasteiger partial charge in [0.15, 0.2) is 0 Å². The molecule has 1 amide bonds. The van der Waals surface area contributed by atoms with E-state index in [0.29, 0.717) is 12.1 Å². The first-order chi connectivity index (χ1) is 6.66. The van der Waals surface area contributed by atoms with Crippen molar-refractivity contribution in [2.24, 2.45) is 5.73 Å². The minimum Gasteiger partial charge on any atom is -0.381 e. The number of carbonyl (C=O) groups is 1. The van der Waals surface area contributed by atoms with Crippen LogP contribution in [0.25, 0.3) is 0 Å². The lowest BCUT2D eigenvalue weighted by atomic mass is 10.1. The van der Waals surface area contributed by atoms with Crippen LogP contribution in [0.15, 0.2) is 30.9 Å². The van der Waals surface area contributed by atoms with Crippen LogP contribution in [0.1, 0.15) is 15.9 Å². The Bertz CT molecular complexity index is 358. The van der Waals surface area contributed by atoms with Gasteiger partial charge in [0, 0.05) is 12.2 Å². The van der Waals surface area contributed by atoms with Crippen molar-refractivity contribution >= 4 is 11.6 Å². The molecule has 14 heavy (non-hydrogen) atoms. The van der Waals surface area contributed by atoms with Gasteiger partial charge in [-0.1, -0.05) is 18.2 Å². The molecule has 0 spiro atoms. The number of primary amides is 1. The number of amides is 1. The Hall–Kier alpha value is -1.77. The maximum atomic E-state index is 11.2. The van der Waals surface area contributed by atoms with Crippen molar-refractivity contribution in [3.05, 3.63) is 42.0 Å². The molecule has 3 N–H and O–H groups in total. The van der Waals surface area contributed by atoms with Gasteiger partial charge in [0.05, 0.1) is 5.56 Å². The van der Waals surface area contributed by atoms with Gasteiger partial charge in [0.2, 0.25) is 0 Å². The molecular weight excluding hydrogens is 176 g/mol. The Balaban J connectivity index is 3.07. The van der Waals surface area contributed by atoms with Crippen LogP contribution in [0.2, 0.25) is 0 Å². The molecule has 0 aliphatic rings. The molecule has 1 aromatic rings. The van der Waals surface area contributed by atoms with E-state index in [1.165, 1.54) is 0 Å². The minimum atomic E-state index is -0.408. The van der Waals surface area contributed by atoms with Crippen LogP contribution in [-0.2, 0) is 0 Å². The monoisotopic (exact) mass is 190 g/mol. The molecule has 0 aliphatic carbocycles. The molecule has 74 valence electrons. The van der Waals surface area contributed by atoms with Gasteiger partial charge in [-0.15, -0.1) is 6.58 Å². The van der Waals surface area contributed by atoms with Crippen LogP contribution in [0.4, 0.5) is 5.69 Å². The zero-order valence-electron chi connectivity index (χ0n) is 8.21. The fourth-order valence-electron chi connectivity index (χ4n) is 1.32. The highest BCUT2D eigenvalue weighted by molar-refractivity contribution is 5.99. The molecular formula is C11H14N2O. The maximum absolute atomic E-state index is 11.2. The molecule has 0 bridgehead atoms. The first-order valence-electron chi connectivity index (χ1n) is 4.41. The number of hydrogen-bond donors (Lipinski definition) is 2. The molecule has 0 aliphatic heterocycles. The molecule has 0 atom stereocenters. The third kappa shape index (κ3) is 2.13. The van der Waals surface area contributed by atoms with Crippen LogP contribution < -0.4 is 11.1 Å². The van der Waals surface area contributed by atoms with Crippen molar-refractivity contribution in [3.8, 4) is 0 Å². The summed E-state index contributed by atoms with van der Waals surface area (Å²) in [6.07, 6.45) is 1.73. The summed E-state index contributed by atoms with van der Waals surface area (Å²) >= 11 is 0. The second-order valence-corrected chi connectivity index (χ2v) is 3.03. The average molecular weight is 190 g/mol. The fourth-order valence-corrected chi connectivity index (χ4v) is 1.32. The van der Waals surface area contributed by atoms with E-state index >= 15 is 0 Å². The third-order valence-electron chi connectivity index (χ3n) is 1.96. The largest absolute Gasteiger partial charge is 0.381 e. The zero-order chi connectivity index (χ0) is 10.6. The molecule has 3 nitrogen and oxygen atoms in total. The first-order valence-corrected chi connectivity index (χ1v) is 4.41. The third-order valence-corrected chi connectivity index (χ3v) is 1.96. The van der Waals surface area contributed by atoms with Crippen molar-refractivity contribution in [2.75, 3.05) is 11.9 Å². The second-order valence-electron chi connectivity index (χ2n) is 3.03. The molecule has 1 rings (SSSR count). The molecule has 1 aromatic carbocycles. The van der Waals surface area contributed by atoms with E-state index in [2.05, 4.69) is 11.9 Å². The molecule has 3 heteroatoms. The summed E-state index contributed by atoms with van der Waals surface area (Å²) in [7, 11) is 0. The standard InChI is InChI=1S/C11H14N2O/c1-3-7-13-9-6-4-5-8(2)10(9)11(12)14/h3-6,13H,1,7H2,2H3,(H2,12,14). The van der Waals surface area contributed by atoms with E-state index in [4.69, 9.17) is 5.73 Å². The normalized spacial score (nSPS) is 9.50. The summed E-state index contributed by atoms with van der Waals surface area (Å²) in [5.41, 5.74) is 7.48. The van der Waals surface area contributed by atoms with Crippen LogP contribution >= 0.6 is 0 Å². The number of nitrogens with one attached hydrogen (secondary N) is 1. The average Bonchev–Trinajstić information content (AvgIpc) is 2.14. The van der Waals surface area contributed by atoms with E-state index in [1.807, 2.05) is 25.1 Å².